The lowest BCUT2D eigenvalue weighted by atomic mass is 9.79. The summed E-state index contributed by atoms with van der Waals surface area (Å²) in [5.41, 5.74) is 6.15. The number of ketones is 1. The van der Waals surface area contributed by atoms with E-state index < -0.39 is 0 Å². The predicted octanol–water partition coefficient (Wildman–Crippen LogP) is 3.67. The van der Waals surface area contributed by atoms with E-state index in [2.05, 4.69) is 19.1 Å². The summed E-state index contributed by atoms with van der Waals surface area (Å²) in [6, 6.07) is 16.1. The summed E-state index contributed by atoms with van der Waals surface area (Å²) in [5.74, 6) is 0.156. The molecule has 2 aromatic rings. The van der Waals surface area contributed by atoms with E-state index in [-0.39, 0.29) is 12.4 Å². The summed E-state index contributed by atoms with van der Waals surface area (Å²) in [5, 5.41) is 9.48. The molecular weight excluding hydrogens is 272 g/mol. The first-order chi connectivity index (χ1) is 10.8. The third-order valence-electron chi connectivity index (χ3n) is 4.30. The molecule has 0 fully saturated rings. The highest BCUT2D eigenvalue weighted by Crippen LogP contribution is 2.37. The lowest BCUT2D eigenvalue weighted by Crippen LogP contribution is -2.16. The molecule has 112 valence electrons. The van der Waals surface area contributed by atoms with Gasteiger partial charge in [-0.1, -0.05) is 55.5 Å². The van der Waals surface area contributed by atoms with Crippen LogP contribution in [0.25, 0.3) is 11.1 Å². The molecule has 0 saturated carbocycles. The van der Waals surface area contributed by atoms with Crippen LogP contribution in [0.2, 0.25) is 0 Å². The Morgan fingerprint density at radius 1 is 1.00 bits per heavy atom. The number of fused-ring (bicyclic) bond motifs is 1. The monoisotopic (exact) mass is 292 g/mol. The lowest BCUT2D eigenvalue weighted by molar-refractivity contribution is -0.113. The second-order valence-electron chi connectivity index (χ2n) is 5.59. The van der Waals surface area contributed by atoms with E-state index in [0.29, 0.717) is 12.8 Å². The van der Waals surface area contributed by atoms with Gasteiger partial charge in [-0.25, -0.2) is 0 Å². The molecule has 1 N–H and O–H groups in total. The summed E-state index contributed by atoms with van der Waals surface area (Å²) in [7, 11) is 0. The highest BCUT2D eigenvalue weighted by atomic mass is 16.3. The fourth-order valence-corrected chi connectivity index (χ4v) is 3.29. The van der Waals surface area contributed by atoms with Crippen molar-refractivity contribution in [3.8, 4) is 0 Å². The summed E-state index contributed by atoms with van der Waals surface area (Å²) in [4.78, 5) is 12.8. The van der Waals surface area contributed by atoms with Gasteiger partial charge >= 0.3 is 0 Å². The average Bonchev–Trinajstić information content (AvgIpc) is 2.55. The van der Waals surface area contributed by atoms with Gasteiger partial charge in [-0.2, -0.15) is 0 Å². The fourth-order valence-electron chi connectivity index (χ4n) is 3.29. The second kappa shape index (κ2) is 6.29. The largest absolute Gasteiger partial charge is 0.396 e. The minimum Gasteiger partial charge on any atom is -0.396 e. The molecule has 1 aliphatic rings. The molecule has 0 aliphatic heterocycles. The van der Waals surface area contributed by atoms with Gasteiger partial charge in [0.1, 0.15) is 0 Å². The third kappa shape index (κ3) is 2.51. The van der Waals surface area contributed by atoms with Gasteiger partial charge in [0.2, 0.25) is 0 Å². The number of benzene rings is 2. The van der Waals surface area contributed by atoms with Crippen molar-refractivity contribution in [2.75, 3.05) is 6.61 Å². The van der Waals surface area contributed by atoms with Crippen LogP contribution >= 0.6 is 0 Å². The van der Waals surface area contributed by atoms with Gasteiger partial charge in [-0.3, -0.25) is 4.79 Å². The fraction of sp³-hybridized carbons (Fsp3) is 0.250. The number of hydrogen-bond donors (Lipinski definition) is 1. The van der Waals surface area contributed by atoms with E-state index >= 15 is 0 Å². The van der Waals surface area contributed by atoms with Crippen molar-refractivity contribution in [3.05, 3.63) is 70.8 Å². The Morgan fingerprint density at radius 3 is 2.41 bits per heavy atom. The molecule has 0 heterocycles. The molecule has 0 amide bonds. The van der Waals surface area contributed by atoms with Gasteiger partial charge in [-0.05, 0) is 40.7 Å². The maximum Gasteiger partial charge on any atom is 0.168 e. The number of hydrogen-bond acceptors (Lipinski definition) is 2. The van der Waals surface area contributed by atoms with Crippen LogP contribution in [0.4, 0.5) is 0 Å². The van der Waals surface area contributed by atoms with Gasteiger partial charge in [0.25, 0.3) is 0 Å². The highest BCUT2D eigenvalue weighted by Gasteiger charge is 2.26. The number of aliphatic hydroxyl groups is 1. The molecule has 1 aliphatic carbocycles. The van der Waals surface area contributed by atoms with Crippen molar-refractivity contribution >= 4 is 16.9 Å². The van der Waals surface area contributed by atoms with Crippen LogP contribution in [0, 0.1) is 0 Å². The van der Waals surface area contributed by atoms with Crippen molar-refractivity contribution in [2.45, 2.75) is 26.2 Å². The van der Waals surface area contributed by atoms with E-state index in [1.165, 1.54) is 5.56 Å². The van der Waals surface area contributed by atoms with Gasteiger partial charge < -0.3 is 5.11 Å². The molecular formula is C20H20O2. The molecule has 0 spiro atoms. The summed E-state index contributed by atoms with van der Waals surface area (Å²) < 4.78 is 0. The maximum absolute atomic E-state index is 12.8. The van der Waals surface area contributed by atoms with E-state index in [0.717, 1.165) is 34.3 Å². The summed E-state index contributed by atoms with van der Waals surface area (Å²) >= 11 is 0. The molecule has 0 bridgehead atoms. The molecule has 2 heteroatoms. The van der Waals surface area contributed by atoms with Crippen molar-refractivity contribution in [1.29, 1.82) is 0 Å². The standard InChI is InChI=1S/C20H20O2/c1-2-14-7-3-6-10-17(14)20-18(11-12-21)16-9-5-4-8-15(16)13-19(20)22/h3-10,21H,2,11-13H2,1H3. The lowest BCUT2D eigenvalue weighted by Gasteiger charge is -2.24. The van der Waals surface area contributed by atoms with Crippen molar-refractivity contribution < 1.29 is 9.90 Å². The molecule has 0 radical (unpaired) electrons. The zero-order valence-corrected chi connectivity index (χ0v) is 12.8. The zero-order chi connectivity index (χ0) is 15.5. The first kappa shape index (κ1) is 14.7. The molecule has 0 atom stereocenters. The Hall–Kier alpha value is -2.19. The molecule has 22 heavy (non-hydrogen) atoms. The van der Waals surface area contributed by atoms with Crippen LogP contribution in [-0.2, 0) is 17.6 Å². The number of carbonyl (C=O) groups is 1. The Morgan fingerprint density at radius 2 is 1.68 bits per heavy atom. The van der Waals surface area contributed by atoms with Gasteiger partial charge in [0.05, 0.1) is 0 Å². The van der Waals surface area contributed by atoms with E-state index in [1.807, 2.05) is 36.4 Å². The molecule has 3 rings (SSSR count). The minimum absolute atomic E-state index is 0.0503. The molecule has 0 saturated heterocycles. The number of rotatable bonds is 4. The number of aliphatic hydroxyl groups excluding tert-OH is 1. The summed E-state index contributed by atoms with van der Waals surface area (Å²) in [6.45, 7) is 2.15. The third-order valence-corrected chi connectivity index (χ3v) is 4.30. The Labute approximate surface area is 131 Å². The number of carbonyl (C=O) groups excluding carboxylic acids is 1. The van der Waals surface area contributed by atoms with Crippen LogP contribution in [0.1, 0.15) is 35.6 Å². The van der Waals surface area contributed by atoms with Crippen molar-refractivity contribution in [3.63, 3.8) is 0 Å². The van der Waals surface area contributed by atoms with Gasteiger partial charge in [0.15, 0.2) is 5.78 Å². The average molecular weight is 292 g/mol. The summed E-state index contributed by atoms with van der Waals surface area (Å²) in [6.07, 6.45) is 1.84. The van der Waals surface area contributed by atoms with Gasteiger partial charge in [-0.15, -0.1) is 0 Å². The first-order valence-corrected chi connectivity index (χ1v) is 7.80. The normalized spacial score (nSPS) is 14.2. The van der Waals surface area contributed by atoms with Crippen molar-refractivity contribution in [2.24, 2.45) is 0 Å². The Kier molecular flexibility index (Phi) is 4.21. The van der Waals surface area contributed by atoms with Crippen LogP contribution in [0.15, 0.2) is 48.5 Å². The highest BCUT2D eigenvalue weighted by molar-refractivity contribution is 6.30. The van der Waals surface area contributed by atoms with Crippen LogP contribution in [0.5, 0.6) is 0 Å². The minimum atomic E-state index is 0.0503. The zero-order valence-electron chi connectivity index (χ0n) is 12.8. The topological polar surface area (TPSA) is 37.3 Å². The first-order valence-electron chi connectivity index (χ1n) is 7.80. The van der Waals surface area contributed by atoms with Crippen LogP contribution < -0.4 is 0 Å². The number of Topliss-reactive ketones (excluding diaryl/α,β-unsaturated/α-hetero) is 1. The van der Waals surface area contributed by atoms with Gasteiger partial charge in [0, 0.05) is 18.6 Å². The van der Waals surface area contributed by atoms with Crippen molar-refractivity contribution in [1.82, 2.24) is 0 Å². The van der Waals surface area contributed by atoms with E-state index in [9.17, 15) is 9.90 Å². The molecule has 0 aromatic heterocycles. The molecule has 2 aromatic carbocycles. The second-order valence-corrected chi connectivity index (χ2v) is 5.59. The quantitative estimate of drug-likeness (QED) is 0.933. The Bertz CT molecular complexity index is 741. The number of allylic oxidation sites excluding steroid dienone is 1. The predicted molar refractivity (Wildman–Crippen MR) is 89.5 cm³/mol. The van der Waals surface area contributed by atoms with E-state index in [4.69, 9.17) is 0 Å². The Balaban J connectivity index is 2.27. The van der Waals surface area contributed by atoms with Crippen LogP contribution in [0.3, 0.4) is 0 Å². The smallest absolute Gasteiger partial charge is 0.168 e. The van der Waals surface area contributed by atoms with Crippen LogP contribution in [-0.4, -0.2) is 17.5 Å². The molecule has 2 nitrogen and oxygen atoms in total. The SMILES string of the molecule is CCc1ccccc1C1=C(CCO)c2ccccc2CC1=O. The molecule has 0 unspecified atom stereocenters. The van der Waals surface area contributed by atoms with E-state index in [1.54, 1.807) is 0 Å². The number of aryl methyl sites for hydroxylation is 1. The maximum atomic E-state index is 12.8.